The third-order valence-corrected chi connectivity index (χ3v) is 5.97. The monoisotopic (exact) mass is 416 g/mol. The molecular weight excluding hydrogens is 388 g/mol. The Bertz CT molecular complexity index is 1020. The first-order chi connectivity index (χ1) is 15.1. The smallest absolute Gasteiger partial charge is 0.312 e. The van der Waals surface area contributed by atoms with E-state index in [1.54, 1.807) is 13.1 Å². The van der Waals surface area contributed by atoms with Crippen molar-refractivity contribution in [2.75, 3.05) is 18.4 Å². The molecule has 0 aliphatic carbocycles. The maximum absolute atomic E-state index is 11.3. The Morgan fingerprint density at radius 2 is 2.00 bits per heavy atom. The zero-order chi connectivity index (χ0) is 21.6. The Hall–Kier alpha value is -3.25. The van der Waals surface area contributed by atoms with Crippen LogP contribution in [-0.2, 0) is 17.6 Å². The molecule has 160 valence electrons. The molecule has 3 heterocycles. The summed E-state index contributed by atoms with van der Waals surface area (Å²) in [5.74, 6) is -1.08. The predicted octanol–water partition coefficient (Wildman–Crippen LogP) is 3.82. The van der Waals surface area contributed by atoms with E-state index >= 15 is 0 Å². The molecule has 3 N–H and O–H groups in total. The fourth-order valence-corrected chi connectivity index (χ4v) is 4.16. The third-order valence-electron chi connectivity index (χ3n) is 5.97. The largest absolute Gasteiger partial charge is 0.481 e. The maximum Gasteiger partial charge on any atom is 0.312 e. The number of fused-ring (bicyclic) bond motifs is 1. The molecule has 3 atom stereocenters. The minimum absolute atomic E-state index is 0.197. The Balaban J connectivity index is 1.46. The molecule has 0 fully saturated rings. The van der Waals surface area contributed by atoms with Gasteiger partial charge < -0.3 is 15.7 Å². The van der Waals surface area contributed by atoms with Gasteiger partial charge in [-0.05, 0) is 61.7 Å². The summed E-state index contributed by atoms with van der Waals surface area (Å²) in [6.07, 6.45) is 5.28. The van der Waals surface area contributed by atoms with Crippen LogP contribution in [0.5, 0.6) is 0 Å². The van der Waals surface area contributed by atoms with Gasteiger partial charge in [0, 0.05) is 30.9 Å². The number of hydrogen-bond acceptors (Lipinski definition) is 5. The third kappa shape index (κ3) is 5.09. The Morgan fingerprint density at radius 1 is 1.16 bits per heavy atom. The van der Waals surface area contributed by atoms with Crippen molar-refractivity contribution in [2.45, 2.75) is 31.7 Å². The minimum Gasteiger partial charge on any atom is -0.481 e. The van der Waals surface area contributed by atoms with Gasteiger partial charge in [0.25, 0.3) is 0 Å². The van der Waals surface area contributed by atoms with Gasteiger partial charge in [-0.15, -0.1) is 0 Å². The maximum atomic E-state index is 11.3. The molecule has 3 aromatic rings. The van der Waals surface area contributed by atoms with Crippen LogP contribution in [0.4, 0.5) is 5.69 Å². The van der Waals surface area contributed by atoms with E-state index < -0.39 is 11.9 Å². The Labute approximate surface area is 182 Å². The summed E-state index contributed by atoms with van der Waals surface area (Å²) in [5.41, 5.74) is 5.20. The molecule has 0 spiro atoms. The van der Waals surface area contributed by atoms with Gasteiger partial charge in [-0.25, -0.2) is 0 Å². The fraction of sp³-hybridized carbons (Fsp3) is 0.320. The van der Waals surface area contributed by atoms with Crippen LogP contribution in [0.2, 0.25) is 0 Å². The molecule has 6 nitrogen and oxygen atoms in total. The molecule has 4 rings (SSSR count). The summed E-state index contributed by atoms with van der Waals surface area (Å²) in [6, 6.07) is 18.6. The van der Waals surface area contributed by atoms with Gasteiger partial charge in [-0.3, -0.25) is 14.8 Å². The first-order valence-electron chi connectivity index (χ1n) is 10.8. The van der Waals surface area contributed by atoms with E-state index in [0.29, 0.717) is 11.6 Å². The van der Waals surface area contributed by atoms with Crippen LogP contribution in [0.3, 0.4) is 0 Å². The highest BCUT2D eigenvalue weighted by Crippen LogP contribution is 2.31. The number of rotatable bonds is 8. The lowest BCUT2D eigenvalue weighted by molar-refractivity contribution is -0.138. The summed E-state index contributed by atoms with van der Waals surface area (Å²) in [5, 5.41) is 16.5. The molecule has 6 heteroatoms. The second kappa shape index (κ2) is 9.71. The van der Waals surface area contributed by atoms with E-state index in [4.69, 9.17) is 0 Å². The van der Waals surface area contributed by atoms with Gasteiger partial charge in [0.1, 0.15) is 0 Å². The average molecular weight is 417 g/mol. The van der Waals surface area contributed by atoms with Crippen molar-refractivity contribution in [1.82, 2.24) is 15.3 Å². The number of benzene rings is 1. The van der Waals surface area contributed by atoms with Crippen molar-refractivity contribution in [2.24, 2.45) is 5.92 Å². The van der Waals surface area contributed by atoms with E-state index in [-0.39, 0.29) is 6.04 Å². The Morgan fingerprint density at radius 3 is 2.81 bits per heavy atom. The first kappa shape index (κ1) is 21.0. The van der Waals surface area contributed by atoms with Crippen LogP contribution in [0.15, 0.2) is 67.0 Å². The lowest BCUT2D eigenvalue weighted by Crippen LogP contribution is -2.37. The van der Waals surface area contributed by atoms with Gasteiger partial charge in [0.15, 0.2) is 0 Å². The lowest BCUT2D eigenvalue weighted by Gasteiger charge is -2.33. The quantitative estimate of drug-likeness (QED) is 0.517. The van der Waals surface area contributed by atoms with Crippen LogP contribution in [0.1, 0.15) is 41.4 Å². The highest BCUT2D eigenvalue weighted by Gasteiger charge is 2.27. The van der Waals surface area contributed by atoms with Crippen molar-refractivity contribution in [1.29, 1.82) is 0 Å². The predicted molar refractivity (Wildman–Crippen MR) is 121 cm³/mol. The molecule has 1 aliphatic heterocycles. The number of carbonyl (C=O) groups is 1. The van der Waals surface area contributed by atoms with Crippen molar-refractivity contribution in [3.63, 3.8) is 0 Å². The number of pyridine rings is 2. The molecule has 31 heavy (non-hydrogen) atoms. The molecule has 0 bridgehead atoms. The molecule has 1 unspecified atom stereocenters. The van der Waals surface area contributed by atoms with E-state index in [1.807, 2.05) is 30.5 Å². The number of nitrogens with zero attached hydrogens (tertiary/aromatic N) is 2. The molecule has 0 amide bonds. The van der Waals surface area contributed by atoms with Crippen molar-refractivity contribution in [3.05, 3.63) is 89.5 Å². The fourth-order valence-electron chi connectivity index (χ4n) is 4.16. The average Bonchev–Trinajstić information content (AvgIpc) is 2.82. The summed E-state index contributed by atoms with van der Waals surface area (Å²) in [4.78, 5) is 20.1. The van der Waals surface area contributed by atoms with Crippen molar-refractivity contribution in [3.8, 4) is 0 Å². The van der Waals surface area contributed by atoms with Crippen molar-refractivity contribution < 1.29 is 9.90 Å². The zero-order valence-corrected chi connectivity index (χ0v) is 17.7. The van der Waals surface area contributed by atoms with Gasteiger partial charge in [-0.2, -0.15) is 0 Å². The number of carboxylic acids is 1. The van der Waals surface area contributed by atoms with Crippen LogP contribution < -0.4 is 10.6 Å². The second-order valence-electron chi connectivity index (χ2n) is 8.08. The van der Waals surface area contributed by atoms with Gasteiger partial charge >= 0.3 is 5.97 Å². The minimum atomic E-state index is -0.856. The molecular formula is C25H28N4O2. The topological polar surface area (TPSA) is 87.1 Å². The molecule has 1 aliphatic rings. The number of aromatic nitrogens is 2. The number of nitrogens with one attached hydrogen (secondary N) is 2. The summed E-state index contributed by atoms with van der Waals surface area (Å²) < 4.78 is 0. The van der Waals surface area contributed by atoms with Crippen LogP contribution >= 0.6 is 0 Å². The molecule has 0 saturated carbocycles. The highest BCUT2D eigenvalue weighted by molar-refractivity contribution is 5.74. The number of aliphatic carboxylic acids is 1. The highest BCUT2D eigenvalue weighted by atomic mass is 16.4. The van der Waals surface area contributed by atoms with E-state index in [9.17, 15) is 9.90 Å². The summed E-state index contributed by atoms with van der Waals surface area (Å²) in [6.45, 7) is 3.34. The lowest BCUT2D eigenvalue weighted by atomic mass is 9.86. The van der Waals surface area contributed by atoms with Gasteiger partial charge in [0.2, 0.25) is 0 Å². The second-order valence-corrected chi connectivity index (χ2v) is 8.08. The van der Waals surface area contributed by atoms with Crippen LogP contribution in [0, 0.1) is 5.92 Å². The number of carboxylic acid groups (broad SMARTS) is 1. The number of hydrogen-bond donors (Lipinski definition) is 3. The molecule has 2 aromatic heterocycles. The number of anilines is 1. The standard InChI is InChI=1S/C25H28N4O2/c1-17(25(30)31)22-14-18(9-12-27-22)10-13-28-24(19-6-3-2-4-7-19)20-15-23-21(29-16-20)8-5-11-26-23/h2-9,11-12,14,17,20,24,28-29H,10,13,15-16H2,1H3,(H,30,31)/t17?,20-,24-/m1/s1. The molecule has 0 saturated heterocycles. The first-order valence-corrected chi connectivity index (χ1v) is 10.8. The van der Waals surface area contributed by atoms with Crippen LogP contribution in [-0.4, -0.2) is 34.1 Å². The van der Waals surface area contributed by atoms with Crippen LogP contribution in [0.25, 0.3) is 0 Å². The normalized spacial score (nSPS) is 17.3. The van der Waals surface area contributed by atoms with E-state index in [0.717, 1.165) is 42.9 Å². The zero-order valence-electron chi connectivity index (χ0n) is 17.7. The van der Waals surface area contributed by atoms with Gasteiger partial charge in [0.05, 0.1) is 23.0 Å². The molecule has 0 radical (unpaired) electrons. The molecule has 1 aromatic carbocycles. The summed E-state index contributed by atoms with van der Waals surface area (Å²) >= 11 is 0. The van der Waals surface area contributed by atoms with Gasteiger partial charge in [-0.1, -0.05) is 30.3 Å². The van der Waals surface area contributed by atoms with E-state index in [2.05, 4.69) is 50.9 Å². The van der Waals surface area contributed by atoms with Crippen molar-refractivity contribution >= 4 is 11.7 Å². The Kier molecular flexibility index (Phi) is 6.57. The summed E-state index contributed by atoms with van der Waals surface area (Å²) in [7, 11) is 0. The SMILES string of the molecule is CC(C(=O)O)c1cc(CCN[C@H](c2ccccc2)[C@H]2CNc3cccnc3C2)ccn1. The van der Waals surface area contributed by atoms with E-state index in [1.165, 1.54) is 5.56 Å².